The molecule has 0 bridgehead atoms. The van der Waals surface area contributed by atoms with Crippen LogP contribution in [0.3, 0.4) is 0 Å². The fourth-order valence-electron chi connectivity index (χ4n) is 2.46. The number of carbonyl (C=O) groups is 1. The van der Waals surface area contributed by atoms with Crippen molar-refractivity contribution >= 4 is 28.5 Å². The second kappa shape index (κ2) is 6.41. The van der Waals surface area contributed by atoms with Gasteiger partial charge in [-0.1, -0.05) is 30.7 Å². The van der Waals surface area contributed by atoms with Crippen molar-refractivity contribution in [1.29, 1.82) is 0 Å². The van der Waals surface area contributed by atoms with Gasteiger partial charge in [-0.2, -0.15) is 0 Å². The molecular weight excluding hydrogens is 288 g/mol. The number of hydrogen-bond acceptors (Lipinski definition) is 3. The second-order valence-corrected chi connectivity index (χ2v) is 5.67. The zero-order valence-electron chi connectivity index (χ0n) is 12.4. The third-order valence-electron chi connectivity index (χ3n) is 3.62. The molecule has 1 N–H and O–H groups in total. The summed E-state index contributed by atoms with van der Waals surface area (Å²) in [4.78, 5) is 17.4. The van der Waals surface area contributed by atoms with E-state index < -0.39 is 12.0 Å². The van der Waals surface area contributed by atoms with Gasteiger partial charge in [0.2, 0.25) is 0 Å². The fraction of sp³-hybridized carbons (Fsp3) is 0.375. The first-order chi connectivity index (χ1) is 9.92. The Balaban J connectivity index is 2.32. The van der Waals surface area contributed by atoms with Crippen LogP contribution < -0.4 is 0 Å². The second-order valence-electron chi connectivity index (χ2n) is 5.31. The minimum atomic E-state index is -0.819. The maximum Gasteiger partial charge on any atom is 0.320 e. The van der Waals surface area contributed by atoms with Crippen molar-refractivity contribution in [1.82, 2.24) is 9.88 Å². The normalized spacial score (nSPS) is 12.8. The van der Waals surface area contributed by atoms with Crippen molar-refractivity contribution in [2.24, 2.45) is 0 Å². The van der Waals surface area contributed by atoms with E-state index in [0.717, 1.165) is 22.0 Å². The van der Waals surface area contributed by atoms with E-state index in [9.17, 15) is 9.90 Å². The summed E-state index contributed by atoms with van der Waals surface area (Å²) in [6.07, 6.45) is 0.545. The average molecular weight is 307 g/mol. The zero-order chi connectivity index (χ0) is 15.6. The van der Waals surface area contributed by atoms with Gasteiger partial charge in [-0.15, -0.1) is 0 Å². The maximum atomic E-state index is 11.2. The summed E-state index contributed by atoms with van der Waals surface area (Å²) in [6, 6.07) is 7.48. The Morgan fingerprint density at radius 1 is 1.43 bits per heavy atom. The van der Waals surface area contributed by atoms with Crippen LogP contribution in [-0.2, 0) is 11.3 Å². The molecule has 0 aliphatic carbocycles. The lowest BCUT2D eigenvalue weighted by atomic mass is 10.1. The Bertz CT molecular complexity index is 673. The number of aryl methyl sites for hydroxylation is 1. The quantitative estimate of drug-likeness (QED) is 0.859. The Morgan fingerprint density at radius 3 is 2.76 bits per heavy atom. The highest BCUT2D eigenvalue weighted by Gasteiger charge is 2.21. The summed E-state index contributed by atoms with van der Waals surface area (Å²) >= 11 is 6.24. The van der Waals surface area contributed by atoms with Crippen LogP contribution in [0.4, 0.5) is 0 Å². The van der Waals surface area contributed by atoms with E-state index in [4.69, 9.17) is 11.6 Å². The van der Waals surface area contributed by atoms with Crippen molar-refractivity contribution < 1.29 is 9.90 Å². The van der Waals surface area contributed by atoms with Gasteiger partial charge in [0.1, 0.15) is 11.2 Å². The van der Waals surface area contributed by atoms with E-state index >= 15 is 0 Å². The number of benzene rings is 1. The van der Waals surface area contributed by atoms with Crippen LogP contribution in [0.5, 0.6) is 0 Å². The molecule has 1 heterocycles. The largest absolute Gasteiger partial charge is 0.480 e. The van der Waals surface area contributed by atoms with E-state index in [-0.39, 0.29) is 0 Å². The molecule has 0 saturated carbocycles. The number of carboxylic acid groups (broad SMARTS) is 1. The summed E-state index contributed by atoms with van der Waals surface area (Å²) in [5.41, 5.74) is 2.83. The number of fused-ring (bicyclic) bond motifs is 1. The summed E-state index contributed by atoms with van der Waals surface area (Å²) in [5.74, 6) is -0.819. The van der Waals surface area contributed by atoms with Crippen LogP contribution in [-0.4, -0.2) is 34.0 Å². The smallest absolute Gasteiger partial charge is 0.320 e. The number of rotatable bonds is 5. The maximum absolute atomic E-state index is 11.2. The van der Waals surface area contributed by atoms with Gasteiger partial charge in [-0.3, -0.25) is 9.69 Å². The number of aromatic nitrogens is 1. The first-order valence-corrected chi connectivity index (χ1v) is 7.29. The summed E-state index contributed by atoms with van der Waals surface area (Å²) in [7, 11) is 1.79. The number of likely N-dealkylation sites (N-methyl/N-ethyl adjacent to an activating group) is 1. The van der Waals surface area contributed by atoms with Gasteiger partial charge < -0.3 is 5.11 Å². The van der Waals surface area contributed by atoms with Gasteiger partial charge in [-0.25, -0.2) is 4.98 Å². The molecule has 1 aromatic heterocycles. The molecule has 0 saturated heterocycles. The Hall–Kier alpha value is -1.65. The summed E-state index contributed by atoms with van der Waals surface area (Å²) in [5, 5.41) is 10.6. The van der Waals surface area contributed by atoms with E-state index in [1.807, 2.05) is 38.1 Å². The van der Waals surface area contributed by atoms with Crippen LogP contribution in [0, 0.1) is 6.92 Å². The molecule has 1 unspecified atom stereocenters. The van der Waals surface area contributed by atoms with Crippen molar-refractivity contribution in [3.63, 3.8) is 0 Å². The lowest BCUT2D eigenvalue weighted by molar-refractivity contribution is -0.143. The Morgan fingerprint density at radius 2 is 2.14 bits per heavy atom. The molecule has 1 atom stereocenters. The molecule has 5 heteroatoms. The van der Waals surface area contributed by atoms with E-state index in [1.165, 1.54) is 0 Å². The van der Waals surface area contributed by atoms with Crippen LogP contribution in [0.1, 0.15) is 24.5 Å². The molecule has 0 radical (unpaired) electrons. The van der Waals surface area contributed by atoms with Crippen LogP contribution in [0.2, 0.25) is 5.15 Å². The van der Waals surface area contributed by atoms with Crippen molar-refractivity contribution in [3.8, 4) is 0 Å². The zero-order valence-corrected chi connectivity index (χ0v) is 13.2. The molecule has 0 amide bonds. The summed E-state index contributed by atoms with van der Waals surface area (Å²) in [6.45, 7) is 4.33. The lowest BCUT2D eigenvalue weighted by Gasteiger charge is -2.23. The molecular formula is C16H19ClN2O2. The molecule has 2 rings (SSSR count). The highest BCUT2D eigenvalue weighted by atomic mass is 35.5. The third kappa shape index (κ3) is 3.52. The molecule has 0 aliphatic rings. The van der Waals surface area contributed by atoms with Crippen molar-refractivity contribution in [3.05, 3.63) is 40.5 Å². The monoisotopic (exact) mass is 306 g/mol. The minimum absolute atomic E-state index is 0.431. The standard InChI is InChI=1S/C16H19ClN2O2/c1-4-14(16(20)21)19(3)9-12-8-11-6-5-10(2)7-13(11)18-15(12)17/h5-8,14H,4,9H2,1-3H3,(H,20,21). The van der Waals surface area contributed by atoms with Crippen LogP contribution >= 0.6 is 11.6 Å². The third-order valence-corrected chi connectivity index (χ3v) is 3.95. The Labute approximate surface area is 129 Å². The van der Waals surface area contributed by atoms with Crippen LogP contribution in [0.25, 0.3) is 10.9 Å². The number of hydrogen-bond donors (Lipinski definition) is 1. The molecule has 1 aromatic carbocycles. The van der Waals surface area contributed by atoms with Gasteiger partial charge in [-0.05, 0) is 38.1 Å². The van der Waals surface area contributed by atoms with E-state index in [0.29, 0.717) is 18.1 Å². The highest BCUT2D eigenvalue weighted by Crippen LogP contribution is 2.23. The number of pyridine rings is 1. The van der Waals surface area contributed by atoms with E-state index in [2.05, 4.69) is 4.98 Å². The van der Waals surface area contributed by atoms with Gasteiger partial charge in [0.15, 0.2) is 0 Å². The van der Waals surface area contributed by atoms with Gasteiger partial charge in [0.05, 0.1) is 5.52 Å². The number of aliphatic carboxylic acids is 1. The van der Waals surface area contributed by atoms with Crippen molar-refractivity contribution in [2.45, 2.75) is 32.9 Å². The molecule has 112 valence electrons. The first-order valence-electron chi connectivity index (χ1n) is 6.91. The number of carboxylic acids is 1. The number of nitrogens with zero attached hydrogens (tertiary/aromatic N) is 2. The molecule has 0 fully saturated rings. The molecule has 4 nitrogen and oxygen atoms in total. The predicted octanol–water partition coefficient (Wildman–Crippen LogP) is 3.49. The molecule has 0 spiro atoms. The topological polar surface area (TPSA) is 53.4 Å². The van der Waals surface area contributed by atoms with E-state index in [1.54, 1.807) is 11.9 Å². The lowest BCUT2D eigenvalue weighted by Crippen LogP contribution is -2.37. The fourth-order valence-corrected chi connectivity index (χ4v) is 2.67. The SMILES string of the molecule is CCC(C(=O)O)N(C)Cc1cc2ccc(C)cc2nc1Cl. The highest BCUT2D eigenvalue weighted by molar-refractivity contribution is 6.30. The molecule has 2 aromatic rings. The van der Waals surface area contributed by atoms with Gasteiger partial charge in [0.25, 0.3) is 0 Å². The van der Waals surface area contributed by atoms with Crippen LogP contribution in [0.15, 0.2) is 24.3 Å². The van der Waals surface area contributed by atoms with Gasteiger partial charge in [0, 0.05) is 17.5 Å². The average Bonchev–Trinajstić information content (AvgIpc) is 2.40. The van der Waals surface area contributed by atoms with Crippen molar-refractivity contribution in [2.75, 3.05) is 7.05 Å². The number of halogens is 1. The summed E-state index contributed by atoms with van der Waals surface area (Å²) < 4.78 is 0. The van der Waals surface area contributed by atoms with Gasteiger partial charge >= 0.3 is 5.97 Å². The Kier molecular flexibility index (Phi) is 4.80. The molecule has 21 heavy (non-hydrogen) atoms. The minimum Gasteiger partial charge on any atom is -0.480 e. The molecule has 0 aliphatic heterocycles. The predicted molar refractivity (Wildman–Crippen MR) is 84.7 cm³/mol. The first kappa shape index (κ1) is 15.7.